The molecule has 0 aromatic heterocycles. The third kappa shape index (κ3) is 8.95. The van der Waals surface area contributed by atoms with Gasteiger partial charge in [-0.05, 0) is 43.6 Å². The maximum Gasteiger partial charge on any atom is 0.220 e. The summed E-state index contributed by atoms with van der Waals surface area (Å²) >= 11 is 0. The molecule has 1 aliphatic rings. The van der Waals surface area contributed by atoms with Gasteiger partial charge in [0.05, 0.1) is 0 Å². The highest BCUT2D eigenvalue weighted by Crippen LogP contribution is 2.20. The Kier molecular flexibility index (Phi) is 12.1. The van der Waals surface area contributed by atoms with E-state index >= 15 is 0 Å². The first-order valence-corrected chi connectivity index (χ1v) is 9.93. The first kappa shape index (κ1) is 23.7. The van der Waals surface area contributed by atoms with Gasteiger partial charge in [0.2, 0.25) is 5.91 Å². The molecule has 0 unspecified atom stereocenters. The Morgan fingerprint density at radius 2 is 1.85 bits per heavy atom. The Balaban J connectivity index is 0.00000364. The monoisotopic (exact) mass is 486 g/mol. The highest BCUT2D eigenvalue weighted by molar-refractivity contribution is 14.0. The number of nitrogens with one attached hydrogen (secondary N) is 2. The van der Waals surface area contributed by atoms with Gasteiger partial charge in [-0.25, -0.2) is 0 Å². The zero-order valence-electron chi connectivity index (χ0n) is 16.7. The minimum Gasteiger partial charge on any atom is -0.359 e. The van der Waals surface area contributed by atoms with Gasteiger partial charge in [0.1, 0.15) is 0 Å². The van der Waals surface area contributed by atoms with E-state index in [1.165, 1.54) is 24.8 Å². The van der Waals surface area contributed by atoms with E-state index in [9.17, 15) is 4.79 Å². The van der Waals surface area contributed by atoms with E-state index < -0.39 is 0 Å². The molecule has 0 saturated carbocycles. The predicted octanol–water partition coefficient (Wildman–Crippen LogP) is 3.44. The number of halogens is 1. The Labute approximate surface area is 181 Å². The number of piperidine rings is 1. The van der Waals surface area contributed by atoms with Crippen LogP contribution in [0.3, 0.4) is 0 Å². The lowest BCUT2D eigenvalue weighted by Gasteiger charge is -2.34. The maximum absolute atomic E-state index is 11.5. The summed E-state index contributed by atoms with van der Waals surface area (Å²) in [5, 5.41) is 6.23. The molecule has 27 heavy (non-hydrogen) atoms. The lowest BCUT2D eigenvalue weighted by atomic mass is 9.93. The van der Waals surface area contributed by atoms with E-state index in [0.29, 0.717) is 12.3 Å². The number of carbonyl (C=O) groups is 1. The topological polar surface area (TPSA) is 56.7 Å². The van der Waals surface area contributed by atoms with E-state index in [-0.39, 0.29) is 29.9 Å². The second-order valence-electron chi connectivity index (χ2n) is 7.08. The molecular weight excluding hydrogens is 451 g/mol. The first-order valence-electron chi connectivity index (χ1n) is 9.93. The highest BCUT2D eigenvalue weighted by Gasteiger charge is 2.22. The number of hydrogen-bond acceptors (Lipinski definition) is 2. The van der Waals surface area contributed by atoms with Gasteiger partial charge in [-0.15, -0.1) is 24.0 Å². The summed E-state index contributed by atoms with van der Waals surface area (Å²) in [4.78, 5) is 18.3. The number of carbonyl (C=O) groups excluding carboxylic acids is 1. The maximum atomic E-state index is 11.5. The van der Waals surface area contributed by atoms with Crippen LogP contribution in [-0.4, -0.2) is 50.5 Å². The first-order chi connectivity index (χ1) is 12.7. The van der Waals surface area contributed by atoms with Crippen LogP contribution < -0.4 is 10.6 Å². The fourth-order valence-corrected chi connectivity index (χ4v) is 3.52. The zero-order chi connectivity index (χ0) is 18.6. The molecule has 6 heteroatoms. The minimum atomic E-state index is 0. The van der Waals surface area contributed by atoms with Crippen molar-refractivity contribution >= 4 is 35.8 Å². The summed E-state index contributed by atoms with van der Waals surface area (Å²) < 4.78 is 0. The van der Waals surface area contributed by atoms with E-state index in [1.54, 1.807) is 7.05 Å². The Morgan fingerprint density at radius 1 is 1.15 bits per heavy atom. The molecule has 1 aliphatic heterocycles. The van der Waals surface area contributed by atoms with E-state index in [0.717, 1.165) is 44.9 Å². The van der Waals surface area contributed by atoms with Gasteiger partial charge in [-0.2, -0.15) is 0 Å². The van der Waals surface area contributed by atoms with Crippen LogP contribution in [0.25, 0.3) is 0 Å². The molecule has 0 bridgehead atoms. The number of hydrogen-bond donors (Lipinski definition) is 2. The van der Waals surface area contributed by atoms with Gasteiger partial charge < -0.3 is 15.5 Å². The van der Waals surface area contributed by atoms with Gasteiger partial charge >= 0.3 is 0 Å². The number of amides is 1. The van der Waals surface area contributed by atoms with Crippen molar-refractivity contribution in [3.8, 4) is 0 Å². The summed E-state index contributed by atoms with van der Waals surface area (Å²) in [7, 11) is 3.57. The number of aryl methyl sites for hydroxylation is 1. The highest BCUT2D eigenvalue weighted by atomic mass is 127. The fraction of sp³-hybridized carbons (Fsp3) is 0.619. The minimum absolute atomic E-state index is 0. The predicted molar refractivity (Wildman–Crippen MR) is 124 cm³/mol. The fourth-order valence-electron chi connectivity index (χ4n) is 3.52. The number of likely N-dealkylation sites (tertiary alicyclic amines) is 1. The van der Waals surface area contributed by atoms with Gasteiger partial charge in [0.15, 0.2) is 5.96 Å². The van der Waals surface area contributed by atoms with Crippen molar-refractivity contribution in [1.29, 1.82) is 0 Å². The van der Waals surface area contributed by atoms with Crippen LogP contribution in [0, 0.1) is 5.92 Å². The largest absolute Gasteiger partial charge is 0.359 e. The van der Waals surface area contributed by atoms with Crippen molar-refractivity contribution in [3.63, 3.8) is 0 Å². The molecule has 1 saturated heterocycles. The Bertz CT molecular complexity index is 557. The SMILES string of the molecule is CN=C(NCCCCCc1ccccc1)N1CCC(CC(=O)NC)CC1.I. The van der Waals surface area contributed by atoms with Crippen molar-refractivity contribution in [3.05, 3.63) is 35.9 Å². The van der Waals surface area contributed by atoms with Crippen LogP contribution in [0.15, 0.2) is 35.3 Å². The Hall–Kier alpha value is -1.31. The average molecular weight is 486 g/mol. The van der Waals surface area contributed by atoms with Crippen LogP contribution in [0.2, 0.25) is 0 Å². The van der Waals surface area contributed by atoms with Crippen molar-refractivity contribution in [2.24, 2.45) is 10.9 Å². The van der Waals surface area contributed by atoms with E-state index in [1.807, 2.05) is 7.05 Å². The molecule has 2 rings (SSSR count). The van der Waals surface area contributed by atoms with Crippen LogP contribution in [0.5, 0.6) is 0 Å². The normalized spacial score (nSPS) is 15.2. The number of guanidine groups is 1. The molecular formula is C21H35IN4O. The Morgan fingerprint density at radius 3 is 2.48 bits per heavy atom. The summed E-state index contributed by atoms with van der Waals surface area (Å²) in [6.07, 6.45) is 7.56. The molecule has 1 fully saturated rings. The van der Waals surface area contributed by atoms with Crippen LogP contribution in [-0.2, 0) is 11.2 Å². The van der Waals surface area contributed by atoms with Crippen molar-refractivity contribution < 1.29 is 4.79 Å². The smallest absolute Gasteiger partial charge is 0.220 e. The number of nitrogens with zero attached hydrogens (tertiary/aromatic N) is 2. The van der Waals surface area contributed by atoms with Gasteiger partial charge in [-0.3, -0.25) is 9.79 Å². The quantitative estimate of drug-likeness (QED) is 0.256. The van der Waals surface area contributed by atoms with Gasteiger partial charge in [-0.1, -0.05) is 36.8 Å². The number of benzene rings is 1. The summed E-state index contributed by atoms with van der Waals surface area (Å²) in [6, 6.07) is 10.7. The molecule has 1 aromatic carbocycles. The lowest BCUT2D eigenvalue weighted by molar-refractivity contribution is -0.121. The molecule has 1 heterocycles. The van der Waals surface area contributed by atoms with Crippen LogP contribution in [0.1, 0.15) is 44.1 Å². The van der Waals surface area contributed by atoms with Gasteiger partial charge in [0, 0.05) is 40.2 Å². The molecule has 2 N–H and O–H groups in total. The number of unbranched alkanes of at least 4 members (excludes halogenated alkanes) is 2. The second kappa shape index (κ2) is 13.8. The van der Waals surface area contributed by atoms with E-state index in [4.69, 9.17) is 0 Å². The molecule has 0 spiro atoms. The van der Waals surface area contributed by atoms with Crippen molar-refractivity contribution in [2.75, 3.05) is 33.7 Å². The molecule has 1 aromatic rings. The van der Waals surface area contributed by atoms with Crippen molar-refractivity contribution in [1.82, 2.24) is 15.5 Å². The van der Waals surface area contributed by atoms with Crippen LogP contribution in [0.4, 0.5) is 0 Å². The lowest BCUT2D eigenvalue weighted by Crippen LogP contribution is -2.46. The molecule has 5 nitrogen and oxygen atoms in total. The van der Waals surface area contributed by atoms with E-state index in [2.05, 4.69) is 50.9 Å². The summed E-state index contributed by atoms with van der Waals surface area (Å²) in [6.45, 7) is 2.93. The number of aliphatic imine (C=N–C) groups is 1. The molecule has 1 amide bonds. The summed E-state index contributed by atoms with van der Waals surface area (Å²) in [5.74, 6) is 1.66. The van der Waals surface area contributed by atoms with Crippen molar-refractivity contribution in [2.45, 2.75) is 44.9 Å². The third-order valence-electron chi connectivity index (χ3n) is 5.15. The average Bonchev–Trinajstić information content (AvgIpc) is 2.69. The second-order valence-corrected chi connectivity index (χ2v) is 7.08. The molecule has 152 valence electrons. The molecule has 0 aliphatic carbocycles. The number of rotatable bonds is 8. The zero-order valence-corrected chi connectivity index (χ0v) is 19.1. The summed E-state index contributed by atoms with van der Waals surface area (Å²) in [5.41, 5.74) is 1.43. The molecule has 0 atom stereocenters. The third-order valence-corrected chi connectivity index (χ3v) is 5.15. The van der Waals surface area contributed by atoms with Gasteiger partial charge in [0.25, 0.3) is 0 Å². The van der Waals surface area contributed by atoms with Crippen LogP contribution >= 0.6 is 24.0 Å². The standard InChI is InChI=1S/C21H34N4O.HI/c1-22-20(26)17-19-12-15-25(16-13-19)21(23-2)24-14-8-4-7-11-18-9-5-3-6-10-18;/h3,5-6,9-10,19H,4,7-8,11-17H2,1-2H3,(H,22,26)(H,23,24);1H. The molecule has 0 radical (unpaired) electrons.